The average Bonchev–Trinajstić information content (AvgIpc) is 3.25. The number of hydrogen-bond donors (Lipinski definition) is 2. The number of aromatic nitrogens is 4. The van der Waals surface area contributed by atoms with Crippen molar-refractivity contribution in [3.8, 4) is 10.6 Å². The van der Waals surface area contributed by atoms with E-state index in [0.29, 0.717) is 10.8 Å². The van der Waals surface area contributed by atoms with Crippen LogP contribution in [0.25, 0.3) is 10.6 Å². The molecule has 0 radical (unpaired) electrons. The zero-order chi connectivity index (χ0) is 15.4. The highest BCUT2D eigenvalue weighted by Crippen LogP contribution is 2.23. The number of aromatic amines is 1. The van der Waals surface area contributed by atoms with Gasteiger partial charge in [-0.3, -0.25) is 15.2 Å². The van der Waals surface area contributed by atoms with E-state index in [0.717, 1.165) is 34.8 Å². The van der Waals surface area contributed by atoms with Gasteiger partial charge in [-0.2, -0.15) is 5.10 Å². The molecule has 114 valence electrons. The molecule has 0 aliphatic rings. The van der Waals surface area contributed by atoms with Crippen molar-refractivity contribution in [1.82, 2.24) is 20.4 Å². The average molecular weight is 333 g/mol. The van der Waals surface area contributed by atoms with Crippen LogP contribution in [0.15, 0.2) is 23.6 Å². The minimum absolute atomic E-state index is 0.280. The molecule has 2 N–H and O–H groups in total. The summed E-state index contributed by atoms with van der Waals surface area (Å²) in [6, 6.07) is 5.67. The third-order valence-electron chi connectivity index (χ3n) is 3.03. The minimum Gasteiger partial charge on any atom is -0.295 e. The summed E-state index contributed by atoms with van der Waals surface area (Å²) in [7, 11) is 0. The molecule has 0 aliphatic heterocycles. The molecule has 1 amide bonds. The van der Waals surface area contributed by atoms with Crippen LogP contribution >= 0.6 is 22.7 Å². The van der Waals surface area contributed by atoms with Crippen molar-refractivity contribution in [1.29, 1.82) is 0 Å². The Morgan fingerprint density at radius 3 is 3.09 bits per heavy atom. The van der Waals surface area contributed by atoms with Gasteiger partial charge in [0.25, 0.3) is 5.91 Å². The molecule has 0 fully saturated rings. The molecule has 8 heteroatoms. The van der Waals surface area contributed by atoms with Crippen molar-refractivity contribution in [2.75, 3.05) is 5.32 Å². The summed E-state index contributed by atoms with van der Waals surface area (Å²) in [5.41, 5.74) is 1.18. The van der Waals surface area contributed by atoms with Gasteiger partial charge >= 0.3 is 0 Å². The monoisotopic (exact) mass is 333 g/mol. The number of carbonyl (C=O) groups excluding carboxylic acids is 1. The Morgan fingerprint density at radius 2 is 2.32 bits per heavy atom. The second-order valence-corrected chi connectivity index (χ2v) is 6.71. The first kappa shape index (κ1) is 14.9. The summed E-state index contributed by atoms with van der Waals surface area (Å²) in [6.45, 7) is 2.13. The maximum Gasteiger partial charge on any atom is 0.277 e. The van der Waals surface area contributed by atoms with Crippen molar-refractivity contribution < 1.29 is 4.79 Å². The van der Waals surface area contributed by atoms with Crippen LogP contribution in [0.2, 0.25) is 0 Å². The van der Waals surface area contributed by atoms with Crippen LogP contribution in [0.3, 0.4) is 0 Å². The highest BCUT2D eigenvalue weighted by Gasteiger charge is 2.14. The Hall–Kier alpha value is -2.06. The molecule has 3 heterocycles. The van der Waals surface area contributed by atoms with Crippen LogP contribution < -0.4 is 5.32 Å². The molecule has 0 unspecified atom stereocenters. The van der Waals surface area contributed by atoms with E-state index in [1.54, 1.807) is 17.4 Å². The molecule has 0 atom stereocenters. The normalized spacial score (nSPS) is 10.8. The number of aryl methyl sites for hydroxylation is 1. The van der Waals surface area contributed by atoms with E-state index in [2.05, 4.69) is 32.6 Å². The van der Waals surface area contributed by atoms with E-state index >= 15 is 0 Å². The van der Waals surface area contributed by atoms with Gasteiger partial charge in [-0.15, -0.1) is 21.5 Å². The van der Waals surface area contributed by atoms with Crippen molar-refractivity contribution >= 4 is 33.7 Å². The molecular weight excluding hydrogens is 318 g/mol. The van der Waals surface area contributed by atoms with Gasteiger partial charge < -0.3 is 0 Å². The summed E-state index contributed by atoms with van der Waals surface area (Å²) in [5, 5.41) is 21.2. The van der Waals surface area contributed by atoms with E-state index in [-0.39, 0.29) is 5.91 Å². The Morgan fingerprint density at radius 1 is 1.41 bits per heavy atom. The zero-order valence-corrected chi connectivity index (χ0v) is 13.6. The molecule has 0 bridgehead atoms. The molecule has 0 saturated carbocycles. The Balaban J connectivity index is 1.65. The molecule has 22 heavy (non-hydrogen) atoms. The van der Waals surface area contributed by atoms with Crippen LogP contribution in [0.5, 0.6) is 0 Å². The number of hydrogen-bond acceptors (Lipinski definition) is 6. The second kappa shape index (κ2) is 6.80. The Labute approximate surface area is 135 Å². The van der Waals surface area contributed by atoms with Crippen molar-refractivity contribution in [2.45, 2.75) is 26.2 Å². The first-order valence-electron chi connectivity index (χ1n) is 6.99. The summed E-state index contributed by atoms with van der Waals surface area (Å²) >= 11 is 3.00. The standard InChI is InChI=1S/C14H15N5OS2/c1-2-3-6-12-18-19-14(22-12)15-13(20)10-8-9(16-17-10)11-5-4-7-21-11/h4-5,7-8H,2-3,6H2,1H3,(H,16,17)(H,15,19,20). The van der Waals surface area contributed by atoms with Crippen molar-refractivity contribution in [3.05, 3.63) is 34.3 Å². The smallest absolute Gasteiger partial charge is 0.277 e. The van der Waals surface area contributed by atoms with Crippen LogP contribution in [0.4, 0.5) is 5.13 Å². The van der Waals surface area contributed by atoms with Gasteiger partial charge in [-0.05, 0) is 23.9 Å². The van der Waals surface area contributed by atoms with E-state index < -0.39 is 0 Å². The first-order chi connectivity index (χ1) is 10.8. The second-order valence-electron chi connectivity index (χ2n) is 4.70. The third kappa shape index (κ3) is 3.40. The zero-order valence-electron chi connectivity index (χ0n) is 12.0. The quantitative estimate of drug-likeness (QED) is 0.722. The predicted molar refractivity (Wildman–Crippen MR) is 88.4 cm³/mol. The first-order valence-corrected chi connectivity index (χ1v) is 8.69. The molecular formula is C14H15N5OS2. The number of rotatable bonds is 6. The lowest BCUT2D eigenvalue weighted by molar-refractivity contribution is 0.102. The van der Waals surface area contributed by atoms with Crippen LogP contribution in [-0.4, -0.2) is 26.3 Å². The number of anilines is 1. The van der Waals surface area contributed by atoms with Gasteiger partial charge in [-0.25, -0.2) is 0 Å². The fourth-order valence-corrected chi connectivity index (χ4v) is 3.36. The maximum absolute atomic E-state index is 12.2. The summed E-state index contributed by atoms with van der Waals surface area (Å²) in [4.78, 5) is 13.2. The van der Waals surface area contributed by atoms with Gasteiger partial charge in [-0.1, -0.05) is 30.7 Å². The lowest BCUT2D eigenvalue weighted by Crippen LogP contribution is -2.12. The van der Waals surface area contributed by atoms with Crippen LogP contribution in [0, 0.1) is 0 Å². The summed E-state index contributed by atoms with van der Waals surface area (Å²) < 4.78 is 0. The topological polar surface area (TPSA) is 83.6 Å². The molecule has 0 aliphatic carbocycles. The van der Waals surface area contributed by atoms with Gasteiger partial charge in [0, 0.05) is 6.42 Å². The SMILES string of the molecule is CCCCc1nnc(NC(=O)c2cc(-c3cccs3)[nH]n2)s1. The highest BCUT2D eigenvalue weighted by molar-refractivity contribution is 7.15. The molecule has 3 aromatic rings. The molecule has 0 saturated heterocycles. The number of amides is 1. The van der Waals surface area contributed by atoms with E-state index in [1.807, 2.05) is 17.5 Å². The largest absolute Gasteiger partial charge is 0.295 e. The fourth-order valence-electron chi connectivity index (χ4n) is 1.89. The fraction of sp³-hybridized carbons (Fsp3) is 0.286. The highest BCUT2D eigenvalue weighted by atomic mass is 32.1. The molecule has 3 aromatic heterocycles. The van der Waals surface area contributed by atoms with Gasteiger partial charge in [0.2, 0.25) is 5.13 Å². The molecule has 6 nitrogen and oxygen atoms in total. The van der Waals surface area contributed by atoms with Gasteiger partial charge in [0.05, 0.1) is 10.6 Å². The van der Waals surface area contributed by atoms with Crippen LogP contribution in [0.1, 0.15) is 35.3 Å². The minimum atomic E-state index is -0.280. The van der Waals surface area contributed by atoms with Gasteiger partial charge in [0.1, 0.15) is 5.01 Å². The van der Waals surface area contributed by atoms with Crippen molar-refractivity contribution in [3.63, 3.8) is 0 Å². The number of carbonyl (C=O) groups is 1. The van der Waals surface area contributed by atoms with E-state index in [1.165, 1.54) is 11.3 Å². The Kier molecular flexibility index (Phi) is 4.59. The number of H-pyrrole nitrogens is 1. The lowest BCUT2D eigenvalue weighted by atomic mass is 10.3. The number of nitrogens with zero attached hydrogens (tertiary/aromatic N) is 3. The number of unbranched alkanes of at least 4 members (excludes halogenated alkanes) is 1. The third-order valence-corrected chi connectivity index (χ3v) is 4.83. The summed E-state index contributed by atoms with van der Waals surface area (Å²) in [6.07, 6.45) is 3.08. The maximum atomic E-state index is 12.2. The molecule has 3 rings (SSSR count). The van der Waals surface area contributed by atoms with E-state index in [4.69, 9.17) is 0 Å². The summed E-state index contributed by atoms with van der Waals surface area (Å²) in [5.74, 6) is -0.280. The van der Waals surface area contributed by atoms with E-state index in [9.17, 15) is 4.79 Å². The van der Waals surface area contributed by atoms with Crippen molar-refractivity contribution in [2.24, 2.45) is 0 Å². The number of nitrogens with one attached hydrogen (secondary N) is 2. The van der Waals surface area contributed by atoms with Gasteiger partial charge in [0.15, 0.2) is 5.69 Å². The van der Waals surface area contributed by atoms with Crippen LogP contribution in [-0.2, 0) is 6.42 Å². The lowest BCUT2D eigenvalue weighted by Gasteiger charge is -1.95. The Bertz CT molecular complexity index is 747. The molecule has 0 aromatic carbocycles. The number of thiophene rings is 1. The predicted octanol–water partition coefficient (Wildman–Crippen LogP) is 3.58. The molecule has 0 spiro atoms.